The molecule has 36 heavy (non-hydrogen) atoms. The van der Waals surface area contributed by atoms with Crippen LogP contribution in [0.1, 0.15) is 50.8 Å². The highest BCUT2D eigenvalue weighted by atomic mass is 35.5. The van der Waals surface area contributed by atoms with E-state index < -0.39 is 11.8 Å². The number of furan rings is 2. The summed E-state index contributed by atoms with van der Waals surface area (Å²) in [6.07, 6.45) is 3.49. The smallest absolute Gasteiger partial charge is 0.307 e. The Labute approximate surface area is 211 Å². The van der Waals surface area contributed by atoms with Gasteiger partial charge in [0.2, 0.25) is 0 Å². The van der Waals surface area contributed by atoms with Crippen molar-refractivity contribution < 1.29 is 23.2 Å². The lowest BCUT2D eigenvalue weighted by molar-refractivity contribution is 0.0926. The minimum atomic E-state index is -0.453. The number of nitrogens with one attached hydrogen (secondary N) is 2. The molecule has 2 amide bonds. The molecule has 2 aromatic heterocycles. The second kappa shape index (κ2) is 10.1. The van der Waals surface area contributed by atoms with Crippen LogP contribution in [-0.2, 0) is 6.42 Å². The molecule has 0 saturated carbocycles. The number of rotatable bonds is 6. The molecule has 4 aromatic rings. The van der Waals surface area contributed by atoms with E-state index in [0.29, 0.717) is 52.1 Å². The Morgan fingerprint density at radius 1 is 1.03 bits per heavy atom. The van der Waals surface area contributed by atoms with Crippen molar-refractivity contribution in [3.05, 3.63) is 100 Å². The second-order valence-corrected chi connectivity index (χ2v) is 8.63. The molecule has 2 N–H and O–H groups in total. The van der Waals surface area contributed by atoms with Gasteiger partial charge in [-0.3, -0.25) is 9.59 Å². The predicted octanol–water partition coefficient (Wildman–Crippen LogP) is 6.35. The van der Waals surface area contributed by atoms with Crippen LogP contribution >= 0.6 is 11.6 Å². The molecule has 8 nitrogen and oxygen atoms in total. The largest absolute Gasteiger partial charge is 0.459 e. The summed E-state index contributed by atoms with van der Waals surface area (Å²) >= 11 is 6.19. The summed E-state index contributed by atoms with van der Waals surface area (Å²) < 4.78 is 17.0. The summed E-state index contributed by atoms with van der Waals surface area (Å²) in [6, 6.07) is 17.4. The van der Waals surface area contributed by atoms with Gasteiger partial charge in [-0.2, -0.15) is 5.10 Å². The highest BCUT2D eigenvalue weighted by molar-refractivity contribution is 6.31. The Kier molecular flexibility index (Phi) is 6.60. The fourth-order valence-corrected chi connectivity index (χ4v) is 4.23. The maximum atomic E-state index is 13.3. The van der Waals surface area contributed by atoms with E-state index in [0.717, 1.165) is 12.0 Å². The summed E-state index contributed by atoms with van der Waals surface area (Å²) in [5.74, 6) is 1.15. The lowest BCUT2D eigenvalue weighted by Crippen LogP contribution is -2.21. The van der Waals surface area contributed by atoms with Crippen molar-refractivity contribution >= 4 is 34.8 Å². The first kappa shape index (κ1) is 23.4. The third-order valence-corrected chi connectivity index (χ3v) is 5.97. The first-order chi connectivity index (χ1) is 17.5. The number of hydrazone groups is 1. The van der Waals surface area contributed by atoms with Gasteiger partial charge >= 0.3 is 5.91 Å². The average Bonchev–Trinajstić information content (AvgIpc) is 3.54. The van der Waals surface area contributed by atoms with Gasteiger partial charge in [-0.05, 0) is 62.2 Å². The number of ether oxygens (including phenoxy) is 1. The predicted molar refractivity (Wildman–Crippen MR) is 135 cm³/mol. The Hall–Kier alpha value is -4.30. The van der Waals surface area contributed by atoms with Crippen LogP contribution in [0, 0.1) is 6.92 Å². The summed E-state index contributed by atoms with van der Waals surface area (Å²) in [6.45, 7) is 1.80. The van der Waals surface area contributed by atoms with Crippen LogP contribution in [0.2, 0.25) is 5.02 Å². The molecule has 9 heteroatoms. The minimum Gasteiger partial charge on any atom is -0.459 e. The van der Waals surface area contributed by atoms with Crippen molar-refractivity contribution in [3.63, 3.8) is 0 Å². The molecule has 2 heterocycles. The molecule has 5 rings (SSSR count). The molecule has 2 aromatic carbocycles. The second-order valence-electron chi connectivity index (χ2n) is 8.19. The fourth-order valence-electron chi connectivity index (χ4n) is 4.06. The van der Waals surface area contributed by atoms with Crippen LogP contribution < -0.4 is 15.5 Å². The maximum absolute atomic E-state index is 13.3. The SMILES string of the molecule is Cc1c(C(=O)Nc2cc(Cl)ccc2Oc2ccccc2)oc2c1/C(=N/NC(=O)c1ccco1)CCC2. The van der Waals surface area contributed by atoms with Gasteiger partial charge in [0, 0.05) is 22.6 Å². The van der Waals surface area contributed by atoms with Crippen LogP contribution in [0.3, 0.4) is 0 Å². The van der Waals surface area contributed by atoms with Gasteiger partial charge in [-0.1, -0.05) is 29.8 Å². The molecular weight excluding hydrogens is 482 g/mol. The number of benzene rings is 2. The lowest BCUT2D eigenvalue weighted by Gasteiger charge is -2.13. The third kappa shape index (κ3) is 4.89. The topological polar surface area (TPSA) is 106 Å². The minimum absolute atomic E-state index is 0.161. The Bertz CT molecular complexity index is 1440. The van der Waals surface area contributed by atoms with Crippen LogP contribution in [0.25, 0.3) is 0 Å². The first-order valence-electron chi connectivity index (χ1n) is 11.4. The number of amides is 2. The normalized spacial score (nSPS) is 13.8. The number of fused-ring (bicyclic) bond motifs is 1. The van der Waals surface area contributed by atoms with Crippen molar-refractivity contribution in [2.75, 3.05) is 5.32 Å². The number of aryl methyl sites for hydroxylation is 1. The van der Waals surface area contributed by atoms with Crippen molar-refractivity contribution in [1.29, 1.82) is 0 Å². The van der Waals surface area contributed by atoms with Gasteiger partial charge in [0.1, 0.15) is 11.5 Å². The van der Waals surface area contributed by atoms with E-state index in [1.165, 1.54) is 6.26 Å². The van der Waals surface area contributed by atoms with Gasteiger partial charge in [0.25, 0.3) is 5.91 Å². The van der Waals surface area contributed by atoms with Crippen LogP contribution in [-0.4, -0.2) is 17.5 Å². The molecule has 0 aliphatic heterocycles. The molecule has 0 spiro atoms. The molecule has 182 valence electrons. The zero-order valence-corrected chi connectivity index (χ0v) is 20.1. The van der Waals surface area contributed by atoms with E-state index in [4.69, 9.17) is 25.2 Å². The molecule has 0 saturated heterocycles. The summed E-state index contributed by atoms with van der Waals surface area (Å²) in [5.41, 5.74) is 4.95. The number of hydrogen-bond acceptors (Lipinski definition) is 6. The molecule has 1 aliphatic rings. The van der Waals surface area contributed by atoms with E-state index in [-0.39, 0.29) is 11.5 Å². The van der Waals surface area contributed by atoms with Gasteiger partial charge in [-0.25, -0.2) is 5.43 Å². The molecule has 0 unspecified atom stereocenters. The van der Waals surface area contributed by atoms with Gasteiger partial charge < -0.3 is 18.9 Å². The van der Waals surface area contributed by atoms with E-state index in [9.17, 15) is 9.59 Å². The highest BCUT2D eigenvalue weighted by Crippen LogP contribution is 2.34. The highest BCUT2D eigenvalue weighted by Gasteiger charge is 2.28. The van der Waals surface area contributed by atoms with E-state index >= 15 is 0 Å². The van der Waals surface area contributed by atoms with Crippen molar-refractivity contribution in [2.45, 2.75) is 26.2 Å². The standard InChI is InChI=1S/C27H22ClN3O5/c1-16-24-19(30-31-26(32)23-11-6-14-34-23)9-5-10-22(24)36-25(16)27(33)29-20-15-17(28)12-13-21(20)35-18-7-3-2-4-8-18/h2-4,6-8,11-15H,5,9-10H2,1H3,(H,29,33)(H,31,32)/b30-19+. The number of carbonyl (C=O) groups excluding carboxylic acids is 2. The Morgan fingerprint density at radius 2 is 1.86 bits per heavy atom. The zero-order chi connectivity index (χ0) is 25.1. The zero-order valence-electron chi connectivity index (χ0n) is 19.3. The number of halogens is 1. The average molecular weight is 504 g/mol. The van der Waals surface area contributed by atoms with E-state index in [2.05, 4.69) is 15.8 Å². The number of anilines is 1. The van der Waals surface area contributed by atoms with Crippen molar-refractivity contribution in [2.24, 2.45) is 5.10 Å². The summed E-state index contributed by atoms with van der Waals surface area (Å²) in [4.78, 5) is 25.5. The lowest BCUT2D eigenvalue weighted by atomic mass is 9.93. The van der Waals surface area contributed by atoms with Crippen molar-refractivity contribution in [1.82, 2.24) is 5.43 Å². The van der Waals surface area contributed by atoms with Crippen molar-refractivity contribution in [3.8, 4) is 11.5 Å². The third-order valence-electron chi connectivity index (χ3n) is 5.73. The quantitative estimate of drug-likeness (QED) is 0.298. The molecule has 0 atom stereocenters. The maximum Gasteiger partial charge on any atom is 0.307 e. The molecular formula is C27H22ClN3O5. The summed E-state index contributed by atoms with van der Waals surface area (Å²) in [7, 11) is 0. The van der Waals surface area contributed by atoms with Crippen LogP contribution in [0.5, 0.6) is 11.5 Å². The Morgan fingerprint density at radius 3 is 2.64 bits per heavy atom. The van der Waals surface area contributed by atoms with Gasteiger partial charge in [-0.15, -0.1) is 0 Å². The number of carbonyl (C=O) groups is 2. The van der Waals surface area contributed by atoms with Gasteiger partial charge in [0.15, 0.2) is 17.3 Å². The molecule has 0 radical (unpaired) electrons. The van der Waals surface area contributed by atoms with Crippen LogP contribution in [0.15, 0.2) is 80.9 Å². The summed E-state index contributed by atoms with van der Waals surface area (Å²) in [5, 5.41) is 7.60. The fraction of sp³-hybridized carbons (Fsp3) is 0.148. The number of para-hydroxylation sites is 1. The van der Waals surface area contributed by atoms with Crippen LogP contribution in [0.4, 0.5) is 5.69 Å². The molecule has 0 bridgehead atoms. The van der Waals surface area contributed by atoms with Gasteiger partial charge in [0.05, 0.1) is 17.7 Å². The number of hydrogen-bond donors (Lipinski definition) is 2. The Balaban J connectivity index is 1.39. The van der Waals surface area contributed by atoms with E-state index in [1.54, 1.807) is 37.3 Å². The first-order valence-corrected chi connectivity index (χ1v) is 11.7. The monoisotopic (exact) mass is 503 g/mol. The molecule has 1 aliphatic carbocycles. The molecule has 0 fully saturated rings. The number of nitrogens with zero attached hydrogens (tertiary/aromatic N) is 1. The van der Waals surface area contributed by atoms with E-state index in [1.807, 2.05) is 30.3 Å².